The summed E-state index contributed by atoms with van der Waals surface area (Å²) < 4.78 is 1.84. The molecule has 3 aromatic rings. The Labute approximate surface area is 175 Å². The molecular formula is C21H26N8O. The fourth-order valence-corrected chi connectivity index (χ4v) is 3.48. The van der Waals surface area contributed by atoms with Gasteiger partial charge in [-0.25, -0.2) is 19.4 Å². The summed E-state index contributed by atoms with van der Waals surface area (Å²) in [5.74, 6) is 0.780. The molecule has 156 valence electrons. The van der Waals surface area contributed by atoms with E-state index in [1.54, 1.807) is 18.6 Å². The lowest BCUT2D eigenvalue weighted by atomic mass is 10.2. The van der Waals surface area contributed by atoms with Crippen molar-refractivity contribution in [1.29, 1.82) is 0 Å². The molecule has 1 fully saturated rings. The van der Waals surface area contributed by atoms with Crippen molar-refractivity contribution in [2.45, 2.75) is 6.92 Å². The van der Waals surface area contributed by atoms with Crippen LogP contribution in [0.25, 0.3) is 5.69 Å². The second-order valence-electron chi connectivity index (χ2n) is 7.19. The summed E-state index contributed by atoms with van der Waals surface area (Å²) in [4.78, 5) is 25.4. The minimum absolute atomic E-state index is 0.208. The molecule has 1 aliphatic heterocycles. The Morgan fingerprint density at radius 1 is 1.03 bits per heavy atom. The topological polar surface area (TPSA) is 91.2 Å². The summed E-state index contributed by atoms with van der Waals surface area (Å²) >= 11 is 0. The summed E-state index contributed by atoms with van der Waals surface area (Å²) in [6.45, 7) is 7.01. The normalized spacial score (nSPS) is 14.5. The summed E-state index contributed by atoms with van der Waals surface area (Å²) in [5.41, 5.74) is 2.68. The van der Waals surface area contributed by atoms with Gasteiger partial charge in [0, 0.05) is 69.2 Å². The van der Waals surface area contributed by atoms with Gasteiger partial charge in [0.25, 0.3) is 0 Å². The Bertz CT molecular complexity index is 966. The number of nitrogens with zero attached hydrogens (tertiary/aromatic N) is 6. The van der Waals surface area contributed by atoms with Gasteiger partial charge in [-0.2, -0.15) is 5.10 Å². The van der Waals surface area contributed by atoms with Gasteiger partial charge in [0.1, 0.15) is 0 Å². The third-order valence-corrected chi connectivity index (χ3v) is 5.10. The predicted octanol–water partition coefficient (Wildman–Crippen LogP) is 1.91. The number of hydrogen-bond donors (Lipinski definition) is 2. The molecule has 0 radical (unpaired) electrons. The van der Waals surface area contributed by atoms with Crippen molar-refractivity contribution in [2.24, 2.45) is 0 Å². The van der Waals surface area contributed by atoms with E-state index in [2.05, 4.69) is 35.5 Å². The highest BCUT2D eigenvalue weighted by atomic mass is 16.2. The second kappa shape index (κ2) is 9.36. The maximum absolute atomic E-state index is 12.3. The van der Waals surface area contributed by atoms with Gasteiger partial charge in [-0.05, 0) is 37.3 Å². The molecule has 9 nitrogen and oxygen atoms in total. The fourth-order valence-electron chi connectivity index (χ4n) is 3.48. The van der Waals surface area contributed by atoms with Crippen molar-refractivity contribution in [1.82, 2.24) is 30.0 Å². The molecule has 1 saturated heterocycles. The molecular weight excluding hydrogens is 380 g/mol. The molecule has 1 aromatic carbocycles. The van der Waals surface area contributed by atoms with Crippen molar-refractivity contribution in [3.8, 4) is 5.69 Å². The zero-order chi connectivity index (χ0) is 20.8. The maximum Gasteiger partial charge on any atom is 0.319 e. The molecule has 0 atom stereocenters. The number of carbonyl (C=O) groups excluding carboxylic acids is 1. The van der Waals surface area contributed by atoms with Crippen molar-refractivity contribution >= 4 is 17.7 Å². The largest absolute Gasteiger partial charge is 0.338 e. The first-order valence-corrected chi connectivity index (χ1v) is 10.1. The van der Waals surface area contributed by atoms with Gasteiger partial charge in [0.15, 0.2) is 0 Å². The molecule has 2 aromatic heterocycles. The lowest BCUT2D eigenvalue weighted by Crippen LogP contribution is -2.49. The Morgan fingerprint density at radius 3 is 2.57 bits per heavy atom. The Hall–Kier alpha value is -3.46. The van der Waals surface area contributed by atoms with Crippen LogP contribution in [0.2, 0.25) is 0 Å². The number of amides is 2. The number of hydrogen-bond acceptors (Lipinski definition) is 6. The number of benzene rings is 1. The predicted molar refractivity (Wildman–Crippen MR) is 116 cm³/mol. The zero-order valence-corrected chi connectivity index (χ0v) is 17.0. The number of carbonyl (C=O) groups is 1. The van der Waals surface area contributed by atoms with Crippen LogP contribution >= 0.6 is 0 Å². The van der Waals surface area contributed by atoms with E-state index in [9.17, 15) is 4.79 Å². The molecule has 0 bridgehead atoms. The minimum atomic E-state index is -0.208. The van der Waals surface area contributed by atoms with Crippen LogP contribution in [0.5, 0.6) is 0 Å². The van der Waals surface area contributed by atoms with Crippen molar-refractivity contribution in [2.75, 3.05) is 49.5 Å². The van der Waals surface area contributed by atoms with Crippen molar-refractivity contribution in [3.05, 3.63) is 60.7 Å². The fraction of sp³-hybridized carbons (Fsp3) is 0.333. The van der Waals surface area contributed by atoms with Crippen LogP contribution in [0.1, 0.15) is 5.69 Å². The van der Waals surface area contributed by atoms with Gasteiger partial charge < -0.3 is 15.5 Å². The first kappa shape index (κ1) is 19.8. The molecule has 3 heterocycles. The number of nitrogens with one attached hydrogen (secondary N) is 2. The van der Waals surface area contributed by atoms with Crippen LogP contribution in [0.15, 0.2) is 55.0 Å². The lowest BCUT2D eigenvalue weighted by molar-refractivity contribution is 0.240. The van der Waals surface area contributed by atoms with E-state index in [-0.39, 0.29) is 6.03 Å². The number of rotatable bonds is 6. The SMILES string of the molecule is Cc1ccnn1-c1cccc(NC(=O)NCCN2CCN(c3ncccn3)CC2)c1. The molecule has 2 amide bonds. The highest BCUT2D eigenvalue weighted by Crippen LogP contribution is 2.15. The van der Waals surface area contributed by atoms with Crippen LogP contribution in [-0.4, -0.2) is 69.9 Å². The molecule has 9 heteroatoms. The van der Waals surface area contributed by atoms with E-state index in [1.807, 2.05) is 48.0 Å². The van der Waals surface area contributed by atoms with Crippen molar-refractivity contribution < 1.29 is 4.79 Å². The van der Waals surface area contributed by atoms with E-state index in [1.165, 1.54) is 0 Å². The monoisotopic (exact) mass is 406 g/mol. The highest BCUT2D eigenvalue weighted by molar-refractivity contribution is 5.89. The second-order valence-corrected chi connectivity index (χ2v) is 7.19. The van der Waals surface area contributed by atoms with Crippen LogP contribution in [0, 0.1) is 6.92 Å². The summed E-state index contributed by atoms with van der Waals surface area (Å²) in [5, 5.41) is 10.1. The highest BCUT2D eigenvalue weighted by Gasteiger charge is 2.18. The smallest absolute Gasteiger partial charge is 0.319 e. The quantitative estimate of drug-likeness (QED) is 0.650. The van der Waals surface area contributed by atoms with Gasteiger partial charge in [-0.3, -0.25) is 4.90 Å². The summed E-state index contributed by atoms with van der Waals surface area (Å²) in [7, 11) is 0. The summed E-state index contributed by atoms with van der Waals surface area (Å²) in [6.07, 6.45) is 5.29. The number of anilines is 2. The van der Waals surface area contributed by atoms with E-state index in [0.29, 0.717) is 6.54 Å². The third kappa shape index (κ3) is 4.93. The molecule has 1 aliphatic rings. The zero-order valence-electron chi connectivity index (χ0n) is 17.0. The van der Waals surface area contributed by atoms with Crippen LogP contribution in [-0.2, 0) is 0 Å². The number of piperazine rings is 1. The maximum atomic E-state index is 12.3. The molecule has 0 aliphatic carbocycles. The van der Waals surface area contributed by atoms with Gasteiger partial charge >= 0.3 is 6.03 Å². The Balaban J connectivity index is 1.20. The van der Waals surface area contributed by atoms with E-state index < -0.39 is 0 Å². The van der Waals surface area contributed by atoms with Gasteiger partial charge in [-0.1, -0.05) is 6.07 Å². The average molecular weight is 406 g/mol. The van der Waals surface area contributed by atoms with Crippen LogP contribution in [0.3, 0.4) is 0 Å². The van der Waals surface area contributed by atoms with Crippen LogP contribution < -0.4 is 15.5 Å². The van der Waals surface area contributed by atoms with Crippen LogP contribution in [0.4, 0.5) is 16.4 Å². The third-order valence-electron chi connectivity index (χ3n) is 5.10. The molecule has 2 N–H and O–H groups in total. The Morgan fingerprint density at radius 2 is 1.83 bits per heavy atom. The standard InChI is InChI=1S/C21H26N8O/c1-17-6-9-25-29(17)19-5-2-4-18(16-19)26-21(30)24-10-11-27-12-14-28(15-13-27)20-22-7-3-8-23-20/h2-9,16H,10-15H2,1H3,(H2,24,26,30). The number of aryl methyl sites for hydroxylation is 1. The molecule has 0 unspecified atom stereocenters. The average Bonchev–Trinajstić information content (AvgIpc) is 3.21. The van der Waals surface area contributed by atoms with E-state index in [0.717, 1.165) is 55.7 Å². The molecule has 0 saturated carbocycles. The molecule has 4 rings (SSSR count). The first-order valence-electron chi connectivity index (χ1n) is 10.1. The van der Waals surface area contributed by atoms with Gasteiger partial charge in [0.05, 0.1) is 5.69 Å². The molecule has 0 spiro atoms. The van der Waals surface area contributed by atoms with Gasteiger partial charge in [-0.15, -0.1) is 0 Å². The lowest BCUT2D eigenvalue weighted by Gasteiger charge is -2.34. The van der Waals surface area contributed by atoms with E-state index >= 15 is 0 Å². The first-order chi connectivity index (χ1) is 14.7. The number of urea groups is 1. The summed E-state index contributed by atoms with van der Waals surface area (Å²) in [6, 6.07) is 11.2. The minimum Gasteiger partial charge on any atom is -0.338 e. The molecule has 30 heavy (non-hydrogen) atoms. The van der Waals surface area contributed by atoms with Gasteiger partial charge in [0.2, 0.25) is 5.95 Å². The van der Waals surface area contributed by atoms with E-state index in [4.69, 9.17) is 0 Å². The van der Waals surface area contributed by atoms with Crippen molar-refractivity contribution in [3.63, 3.8) is 0 Å². The Kier molecular flexibility index (Phi) is 6.19. The number of aromatic nitrogens is 4.